The van der Waals surface area contributed by atoms with Crippen LogP contribution < -0.4 is 0 Å². The monoisotopic (exact) mass is 420 g/mol. The van der Waals surface area contributed by atoms with Crippen LogP contribution in [0, 0.1) is 6.92 Å². The first-order valence-corrected chi connectivity index (χ1v) is 10.3. The van der Waals surface area contributed by atoms with E-state index in [1.165, 1.54) is 16.1 Å². The van der Waals surface area contributed by atoms with E-state index in [4.69, 9.17) is 4.74 Å². The number of aromatic nitrogens is 6. The van der Waals surface area contributed by atoms with Crippen LogP contribution in [-0.2, 0) is 24.5 Å². The van der Waals surface area contributed by atoms with Gasteiger partial charge in [0.1, 0.15) is 0 Å². The second kappa shape index (κ2) is 9.47. The maximum absolute atomic E-state index is 12.6. The van der Waals surface area contributed by atoms with E-state index in [9.17, 15) is 4.79 Å². The Hall–Kier alpha value is -3.30. The molecule has 3 heterocycles. The van der Waals surface area contributed by atoms with Gasteiger partial charge in [0.15, 0.2) is 17.5 Å². The molecule has 30 heavy (non-hydrogen) atoms. The molecule has 0 N–H and O–H groups in total. The summed E-state index contributed by atoms with van der Waals surface area (Å²) in [6, 6.07) is 13.7. The minimum atomic E-state index is 0.0543. The van der Waals surface area contributed by atoms with Gasteiger partial charge in [-0.15, -0.1) is 26.3 Å². The number of carbonyl (C=O) groups excluding carboxylic acids is 1. The number of benzene rings is 1. The summed E-state index contributed by atoms with van der Waals surface area (Å²) in [5.41, 5.74) is 2.79. The fourth-order valence-electron chi connectivity index (χ4n) is 2.87. The van der Waals surface area contributed by atoms with Crippen LogP contribution in [0.5, 0.6) is 0 Å². The number of thiazole rings is 1. The number of Topliss-reactive ketones (excluding diaryl/α,β-unsaturated/α-hetero) is 1. The number of hydrogen-bond donors (Lipinski definition) is 0. The number of carbonyl (C=O) groups is 1. The number of tetrazole rings is 1. The van der Waals surface area contributed by atoms with Gasteiger partial charge in [0.2, 0.25) is 5.82 Å². The Balaban J connectivity index is 1.36. The van der Waals surface area contributed by atoms with Gasteiger partial charge in [-0.3, -0.25) is 9.78 Å². The Kier molecular flexibility index (Phi) is 6.31. The fourth-order valence-corrected chi connectivity index (χ4v) is 3.83. The molecule has 0 unspecified atom stereocenters. The molecule has 0 aliphatic heterocycles. The van der Waals surface area contributed by atoms with Crippen LogP contribution in [0.15, 0.2) is 54.9 Å². The van der Waals surface area contributed by atoms with Gasteiger partial charge in [-0.05, 0) is 35.8 Å². The first-order chi connectivity index (χ1) is 14.7. The van der Waals surface area contributed by atoms with Crippen LogP contribution in [0.4, 0.5) is 0 Å². The molecule has 0 radical (unpaired) electrons. The first kappa shape index (κ1) is 20.0. The zero-order chi connectivity index (χ0) is 20.8. The van der Waals surface area contributed by atoms with Crippen molar-refractivity contribution < 1.29 is 9.53 Å². The van der Waals surface area contributed by atoms with Gasteiger partial charge in [-0.25, -0.2) is 4.98 Å². The average molecular weight is 420 g/mol. The van der Waals surface area contributed by atoms with Crippen molar-refractivity contribution in [2.24, 2.45) is 0 Å². The molecule has 4 aromatic rings. The molecule has 0 amide bonds. The number of nitrogens with zero attached hydrogens (tertiary/aromatic N) is 6. The van der Waals surface area contributed by atoms with Gasteiger partial charge in [-0.1, -0.05) is 36.4 Å². The Morgan fingerprint density at radius 1 is 1.13 bits per heavy atom. The zero-order valence-electron chi connectivity index (χ0n) is 16.4. The normalized spacial score (nSPS) is 11.0. The molecular formula is C21H20N6O2S. The molecule has 3 aromatic heterocycles. The molecule has 0 aliphatic carbocycles. The number of pyridine rings is 1. The van der Waals surface area contributed by atoms with E-state index in [1.54, 1.807) is 12.4 Å². The number of ketones is 1. The van der Waals surface area contributed by atoms with Crippen LogP contribution in [0.3, 0.4) is 0 Å². The first-order valence-electron chi connectivity index (χ1n) is 9.48. The van der Waals surface area contributed by atoms with E-state index < -0.39 is 0 Å². The third kappa shape index (κ3) is 5.00. The smallest absolute Gasteiger partial charge is 0.233 e. The van der Waals surface area contributed by atoms with Gasteiger partial charge >= 0.3 is 0 Å². The van der Waals surface area contributed by atoms with Gasteiger partial charge in [0.25, 0.3) is 0 Å². The van der Waals surface area contributed by atoms with Crippen LogP contribution in [-0.4, -0.2) is 36.0 Å². The Morgan fingerprint density at radius 2 is 1.97 bits per heavy atom. The highest BCUT2D eigenvalue weighted by atomic mass is 32.1. The lowest BCUT2D eigenvalue weighted by Gasteiger charge is -2.02. The fraction of sp³-hybridized carbons (Fsp3) is 0.238. The highest BCUT2D eigenvalue weighted by Gasteiger charge is 2.19. The lowest BCUT2D eigenvalue weighted by molar-refractivity contribution is 0.0459. The topological polar surface area (TPSA) is 95.7 Å². The number of aryl methyl sites for hydroxylation is 2. The minimum absolute atomic E-state index is 0.0543. The molecule has 0 atom stereocenters. The molecule has 0 bridgehead atoms. The van der Waals surface area contributed by atoms with Crippen molar-refractivity contribution in [3.63, 3.8) is 0 Å². The van der Waals surface area contributed by atoms with E-state index in [1.807, 2.05) is 49.4 Å². The quantitative estimate of drug-likeness (QED) is 0.382. The van der Waals surface area contributed by atoms with Crippen molar-refractivity contribution in [3.05, 3.63) is 76.6 Å². The summed E-state index contributed by atoms with van der Waals surface area (Å²) in [5, 5.41) is 13.0. The van der Waals surface area contributed by atoms with Crippen molar-refractivity contribution in [1.82, 2.24) is 30.2 Å². The molecule has 4 rings (SSSR count). The number of hydrogen-bond acceptors (Lipinski definition) is 8. The predicted molar refractivity (Wildman–Crippen MR) is 112 cm³/mol. The molecule has 9 heteroatoms. The summed E-state index contributed by atoms with van der Waals surface area (Å²) in [6.07, 6.45) is 4.55. The second-order valence-electron chi connectivity index (χ2n) is 6.67. The standard InChI is InChI=1S/C21H20N6O2S/c1-15-19(18(28)10-9-16-8-5-11-22-12-16)30-21(23-15)20-24-26-27(25-20)14-29-13-17-6-3-2-4-7-17/h2-8,11-12H,9-10,13-14H2,1H3. The molecule has 152 valence electrons. The third-order valence-corrected chi connectivity index (χ3v) is 5.57. The maximum atomic E-state index is 12.6. The van der Waals surface area contributed by atoms with Crippen LogP contribution in [0.25, 0.3) is 10.8 Å². The summed E-state index contributed by atoms with van der Waals surface area (Å²) >= 11 is 1.29. The molecule has 0 saturated heterocycles. The Morgan fingerprint density at radius 3 is 2.77 bits per heavy atom. The van der Waals surface area contributed by atoms with Gasteiger partial charge in [0, 0.05) is 18.8 Å². The van der Waals surface area contributed by atoms with Crippen molar-refractivity contribution in [3.8, 4) is 10.8 Å². The third-order valence-electron chi connectivity index (χ3n) is 4.38. The summed E-state index contributed by atoms with van der Waals surface area (Å²) < 4.78 is 5.62. The number of rotatable bonds is 9. The number of ether oxygens (including phenoxy) is 1. The minimum Gasteiger partial charge on any atom is -0.353 e. The summed E-state index contributed by atoms with van der Waals surface area (Å²) in [5.74, 6) is 0.441. The molecule has 0 aliphatic rings. The molecule has 0 saturated carbocycles. The van der Waals surface area contributed by atoms with E-state index in [0.717, 1.165) is 11.1 Å². The van der Waals surface area contributed by atoms with Crippen molar-refractivity contribution in [2.45, 2.75) is 33.1 Å². The van der Waals surface area contributed by atoms with E-state index in [0.29, 0.717) is 40.9 Å². The zero-order valence-corrected chi connectivity index (χ0v) is 17.2. The highest BCUT2D eigenvalue weighted by Crippen LogP contribution is 2.26. The van der Waals surface area contributed by atoms with E-state index in [2.05, 4.69) is 25.4 Å². The van der Waals surface area contributed by atoms with Gasteiger partial charge in [0.05, 0.1) is 17.2 Å². The van der Waals surface area contributed by atoms with Gasteiger partial charge in [-0.2, -0.15) is 0 Å². The Labute approximate surface area is 177 Å². The summed E-state index contributed by atoms with van der Waals surface area (Å²) in [4.78, 5) is 23.2. The van der Waals surface area contributed by atoms with Crippen molar-refractivity contribution in [2.75, 3.05) is 0 Å². The predicted octanol–water partition coefficient (Wildman–Crippen LogP) is 3.49. The highest BCUT2D eigenvalue weighted by molar-refractivity contribution is 7.17. The van der Waals surface area contributed by atoms with E-state index >= 15 is 0 Å². The maximum Gasteiger partial charge on any atom is 0.233 e. The lowest BCUT2D eigenvalue weighted by atomic mass is 10.1. The summed E-state index contributed by atoms with van der Waals surface area (Å²) in [6.45, 7) is 2.47. The van der Waals surface area contributed by atoms with E-state index in [-0.39, 0.29) is 12.5 Å². The van der Waals surface area contributed by atoms with Crippen LogP contribution in [0.2, 0.25) is 0 Å². The van der Waals surface area contributed by atoms with Crippen molar-refractivity contribution in [1.29, 1.82) is 0 Å². The molecule has 0 fully saturated rings. The van der Waals surface area contributed by atoms with Crippen molar-refractivity contribution >= 4 is 17.1 Å². The second-order valence-corrected chi connectivity index (χ2v) is 7.67. The molecule has 1 aromatic carbocycles. The molecule has 8 nitrogen and oxygen atoms in total. The molecule has 0 spiro atoms. The van der Waals surface area contributed by atoms with Crippen LogP contribution in [0.1, 0.15) is 32.9 Å². The average Bonchev–Trinajstić information content (AvgIpc) is 3.40. The Bertz CT molecular complexity index is 1110. The summed E-state index contributed by atoms with van der Waals surface area (Å²) in [7, 11) is 0. The van der Waals surface area contributed by atoms with Gasteiger partial charge < -0.3 is 4.74 Å². The largest absolute Gasteiger partial charge is 0.353 e. The SMILES string of the molecule is Cc1nc(-c2nnn(COCc3ccccc3)n2)sc1C(=O)CCc1cccnc1. The molecular weight excluding hydrogens is 400 g/mol. The van der Waals surface area contributed by atoms with Crippen LogP contribution >= 0.6 is 11.3 Å². The lowest BCUT2D eigenvalue weighted by Crippen LogP contribution is -2.06.